The first kappa shape index (κ1) is 13.1. The van der Waals surface area contributed by atoms with Gasteiger partial charge >= 0.3 is 5.97 Å². The van der Waals surface area contributed by atoms with Crippen LogP contribution < -0.4 is 5.32 Å². The van der Waals surface area contributed by atoms with E-state index < -0.39 is 5.97 Å². The van der Waals surface area contributed by atoms with E-state index in [1.165, 1.54) is 6.07 Å². The van der Waals surface area contributed by atoms with E-state index in [9.17, 15) is 4.79 Å². The molecule has 1 aliphatic rings. The van der Waals surface area contributed by atoms with Crippen LogP contribution in [-0.2, 0) is 6.54 Å². The summed E-state index contributed by atoms with van der Waals surface area (Å²) in [6, 6.07) is 3.84. The molecule has 0 aliphatic carbocycles. The van der Waals surface area contributed by atoms with Crippen molar-refractivity contribution in [2.45, 2.75) is 32.4 Å². The minimum Gasteiger partial charge on any atom is -0.475 e. The van der Waals surface area contributed by atoms with Crippen molar-refractivity contribution in [1.82, 2.24) is 10.2 Å². The molecule has 1 aromatic heterocycles. The number of carboxylic acids is 1. The van der Waals surface area contributed by atoms with Crippen LogP contribution in [0.1, 0.15) is 36.1 Å². The second-order valence-electron chi connectivity index (χ2n) is 4.62. The van der Waals surface area contributed by atoms with E-state index in [-0.39, 0.29) is 5.76 Å². The van der Waals surface area contributed by atoms with Crippen LogP contribution in [-0.4, -0.2) is 41.7 Å². The Balaban J connectivity index is 1.97. The number of hydrogen-bond acceptors (Lipinski definition) is 4. The number of rotatable bonds is 5. The second-order valence-corrected chi connectivity index (χ2v) is 4.62. The Labute approximate surface area is 107 Å². The summed E-state index contributed by atoms with van der Waals surface area (Å²) in [4.78, 5) is 13.1. The highest BCUT2D eigenvalue weighted by molar-refractivity contribution is 5.84. The summed E-state index contributed by atoms with van der Waals surface area (Å²) in [6.45, 7) is 5.88. The maximum Gasteiger partial charge on any atom is 0.371 e. The quantitative estimate of drug-likeness (QED) is 0.832. The Morgan fingerprint density at radius 1 is 1.50 bits per heavy atom. The Kier molecular flexibility index (Phi) is 4.38. The predicted molar refractivity (Wildman–Crippen MR) is 67.6 cm³/mol. The molecular weight excluding hydrogens is 232 g/mol. The van der Waals surface area contributed by atoms with Gasteiger partial charge in [0.25, 0.3) is 0 Å². The van der Waals surface area contributed by atoms with Gasteiger partial charge in [-0.1, -0.05) is 6.92 Å². The van der Waals surface area contributed by atoms with Crippen LogP contribution in [0, 0.1) is 0 Å². The van der Waals surface area contributed by atoms with Crippen molar-refractivity contribution in [3.63, 3.8) is 0 Å². The normalized spacial score (nSPS) is 17.2. The molecular formula is C13H20N2O3. The Hall–Kier alpha value is -1.33. The summed E-state index contributed by atoms with van der Waals surface area (Å²) < 4.78 is 5.31. The molecule has 2 heterocycles. The zero-order chi connectivity index (χ0) is 13.0. The van der Waals surface area contributed by atoms with Crippen LogP contribution in [0.5, 0.6) is 0 Å². The van der Waals surface area contributed by atoms with Gasteiger partial charge in [0.1, 0.15) is 5.76 Å². The number of hydrogen-bond donors (Lipinski definition) is 2. The zero-order valence-corrected chi connectivity index (χ0v) is 10.7. The number of carboxylic acid groups (broad SMARTS) is 1. The summed E-state index contributed by atoms with van der Waals surface area (Å²) in [5.74, 6) is -0.259. The van der Waals surface area contributed by atoms with Gasteiger partial charge in [0.05, 0.1) is 6.54 Å². The molecule has 1 aliphatic heterocycles. The third kappa shape index (κ3) is 3.11. The van der Waals surface area contributed by atoms with Gasteiger partial charge in [-0.3, -0.25) is 4.90 Å². The largest absolute Gasteiger partial charge is 0.475 e. The van der Waals surface area contributed by atoms with Gasteiger partial charge in [-0.25, -0.2) is 4.79 Å². The standard InChI is InChI=1S/C13H20N2O3/c1-2-15(10-5-7-14-8-6-10)9-11-3-4-12(18-11)13(16)17/h3-4,10,14H,2,5-9H2,1H3,(H,16,17). The van der Waals surface area contributed by atoms with E-state index in [1.54, 1.807) is 6.07 Å². The van der Waals surface area contributed by atoms with Crippen molar-refractivity contribution in [1.29, 1.82) is 0 Å². The first-order valence-electron chi connectivity index (χ1n) is 6.47. The van der Waals surface area contributed by atoms with E-state index >= 15 is 0 Å². The van der Waals surface area contributed by atoms with Gasteiger partial charge in [0.15, 0.2) is 0 Å². The highest BCUT2D eigenvalue weighted by Crippen LogP contribution is 2.17. The molecule has 100 valence electrons. The van der Waals surface area contributed by atoms with Crippen LogP contribution in [0.4, 0.5) is 0 Å². The first-order chi connectivity index (χ1) is 8.70. The van der Waals surface area contributed by atoms with E-state index in [2.05, 4.69) is 17.1 Å². The lowest BCUT2D eigenvalue weighted by Gasteiger charge is -2.33. The van der Waals surface area contributed by atoms with E-state index in [0.717, 1.165) is 38.2 Å². The smallest absolute Gasteiger partial charge is 0.371 e. The molecule has 0 unspecified atom stereocenters. The van der Waals surface area contributed by atoms with Crippen LogP contribution >= 0.6 is 0 Å². The fourth-order valence-electron chi connectivity index (χ4n) is 2.45. The minimum absolute atomic E-state index is 0.0198. The first-order valence-corrected chi connectivity index (χ1v) is 6.47. The van der Waals surface area contributed by atoms with Crippen molar-refractivity contribution < 1.29 is 14.3 Å². The summed E-state index contributed by atoms with van der Waals surface area (Å²) in [5.41, 5.74) is 0. The zero-order valence-electron chi connectivity index (χ0n) is 10.7. The average Bonchev–Trinajstić information content (AvgIpc) is 2.86. The average molecular weight is 252 g/mol. The second kappa shape index (κ2) is 6.02. The fraction of sp³-hybridized carbons (Fsp3) is 0.615. The number of piperidine rings is 1. The molecule has 1 saturated heterocycles. The van der Waals surface area contributed by atoms with Gasteiger partial charge in [0, 0.05) is 6.04 Å². The van der Waals surface area contributed by atoms with Gasteiger partial charge in [-0.2, -0.15) is 0 Å². The van der Waals surface area contributed by atoms with Gasteiger partial charge in [0.2, 0.25) is 5.76 Å². The molecule has 5 nitrogen and oxygen atoms in total. The molecule has 2 N–H and O–H groups in total. The highest BCUT2D eigenvalue weighted by Gasteiger charge is 2.21. The third-order valence-electron chi connectivity index (χ3n) is 3.46. The third-order valence-corrected chi connectivity index (χ3v) is 3.46. The number of carbonyl (C=O) groups is 1. The predicted octanol–water partition coefficient (Wildman–Crippen LogP) is 1.55. The molecule has 0 radical (unpaired) electrons. The molecule has 0 bridgehead atoms. The van der Waals surface area contributed by atoms with Gasteiger partial charge in [-0.15, -0.1) is 0 Å². The van der Waals surface area contributed by atoms with E-state index in [1.807, 2.05) is 0 Å². The Morgan fingerprint density at radius 2 is 2.22 bits per heavy atom. The van der Waals surface area contributed by atoms with Gasteiger partial charge < -0.3 is 14.8 Å². The summed E-state index contributed by atoms with van der Waals surface area (Å²) >= 11 is 0. The van der Waals surface area contributed by atoms with Crippen molar-refractivity contribution in [3.05, 3.63) is 23.7 Å². The molecule has 0 aromatic carbocycles. The van der Waals surface area contributed by atoms with Crippen LogP contribution in [0.2, 0.25) is 0 Å². The molecule has 0 saturated carbocycles. The number of furan rings is 1. The molecule has 0 atom stereocenters. The topological polar surface area (TPSA) is 65.7 Å². The molecule has 1 fully saturated rings. The molecule has 2 rings (SSSR count). The Bertz CT molecular complexity index is 397. The van der Waals surface area contributed by atoms with Gasteiger partial charge in [-0.05, 0) is 44.6 Å². The van der Waals surface area contributed by atoms with Crippen molar-refractivity contribution in [3.8, 4) is 0 Å². The molecule has 18 heavy (non-hydrogen) atoms. The summed E-state index contributed by atoms with van der Waals surface area (Å²) in [6.07, 6.45) is 2.28. The summed E-state index contributed by atoms with van der Waals surface area (Å²) in [7, 11) is 0. The van der Waals surface area contributed by atoms with E-state index in [0.29, 0.717) is 12.6 Å². The number of nitrogens with zero attached hydrogens (tertiary/aromatic N) is 1. The molecule has 0 amide bonds. The van der Waals surface area contributed by atoms with Crippen LogP contribution in [0.25, 0.3) is 0 Å². The lowest BCUT2D eigenvalue weighted by atomic mass is 10.0. The number of nitrogens with one attached hydrogen (secondary N) is 1. The van der Waals surface area contributed by atoms with E-state index in [4.69, 9.17) is 9.52 Å². The monoisotopic (exact) mass is 252 g/mol. The maximum atomic E-state index is 10.8. The molecule has 1 aromatic rings. The SMILES string of the molecule is CCN(Cc1ccc(C(=O)O)o1)C1CCNCC1. The number of aromatic carboxylic acids is 1. The van der Waals surface area contributed by atoms with Crippen molar-refractivity contribution in [2.75, 3.05) is 19.6 Å². The molecule has 0 spiro atoms. The van der Waals surface area contributed by atoms with Crippen LogP contribution in [0.15, 0.2) is 16.5 Å². The minimum atomic E-state index is -1.01. The van der Waals surface area contributed by atoms with Crippen molar-refractivity contribution in [2.24, 2.45) is 0 Å². The Morgan fingerprint density at radius 3 is 2.78 bits per heavy atom. The van der Waals surface area contributed by atoms with Crippen molar-refractivity contribution >= 4 is 5.97 Å². The molecule has 5 heteroatoms. The highest BCUT2D eigenvalue weighted by atomic mass is 16.4. The summed E-state index contributed by atoms with van der Waals surface area (Å²) in [5, 5.41) is 12.2. The maximum absolute atomic E-state index is 10.8. The van der Waals surface area contributed by atoms with Crippen LogP contribution in [0.3, 0.4) is 0 Å². The lowest BCUT2D eigenvalue weighted by Crippen LogP contribution is -2.42. The fourth-order valence-corrected chi connectivity index (χ4v) is 2.45. The lowest BCUT2D eigenvalue weighted by molar-refractivity contribution is 0.0656.